The van der Waals surface area contributed by atoms with E-state index in [2.05, 4.69) is 20.8 Å². The highest BCUT2D eigenvalue weighted by Crippen LogP contribution is 2.15. The summed E-state index contributed by atoms with van der Waals surface area (Å²) < 4.78 is 10.6. The fourth-order valence-corrected chi connectivity index (χ4v) is 7.25. The van der Waals surface area contributed by atoms with Crippen molar-refractivity contribution in [2.75, 3.05) is 19.8 Å². The lowest BCUT2D eigenvalue weighted by Crippen LogP contribution is -2.05. The van der Waals surface area contributed by atoms with E-state index in [1.54, 1.807) is 0 Å². The molecule has 5 nitrogen and oxygen atoms in total. The number of unbranched alkanes of at least 4 members (excludes halogenated alkanes) is 36. The predicted octanol–water partition coefficient (Wildman–Crippen LogP) is 16.5. The molecule has 0 aliphatic heterocycles. The van der Waals surface area contributed by atoms with Gasteiger partial charge in [0, 0.05) is 19.4 Å². The maximum Gasteiger partial charge on any atom is 0.305 e. The topological polar surface area (TPSA) is 72.8 Å². The Labute approximate surface area is 345 Å². The van der Waals surface area contributed by atoms with Crippen molar-refractivity contribution in [2.24, 2.45) is 0 Å². The molecular formula is C50H100O5. The lowest BCUT2D eigenvalue weighted by molar-refractivity contribution is -0.144. The highest BCUT2D eigenvalue weighted by atomic mass is 16.5. The number of carbonyl (C=O) groups is 2. The highest BCUT2D eigenvalue weighted by Gasteiger charge is 2.04. The van der Waals surface area contributed by atoms with E-state index < -0.39 is 0 Å². The molecule has 0 amide bonds. The first kappa shape index (κ1) is 56.0. The van der Waals surface area contributed by atoms with E-state index in [4.69, 9.17) is 14.6 Å². The van der Waals surface area contributed by atoms with Crippen LogP contribution in [0.1, 0.15) is 290 Å². The Morgan fingerprint density at radius 3 is 0.727 bits per heavy atom. The van der Waals surface area contributed by atoms with Gasteiger partial charge in [-0.3, -0.25) is 9.59 Å². The van der Waals surface area contributed by atoms with Crippen molar-refractivity contribution in [3.63, 3.8) is 0 Å². The summed E-state index contributed by atoms with van der Waals surface area (Å²) in [7, 11) is 0. The van der Waals surface area contributed by atoms with Gasteiger partial charge in [0.1, 0.15) is 0 Å². The summed E-state index contributed by atoms with van der Waals surface area (Å²) in [6, 6.07) is 0. The number of hydrogen-bond acceptors (Lipinski definition) is 5. The molecule has 0 aromatic rings. The van der Waals surface area contributed by atoms with Crippen LogP contribution in [0.5, 0.6) is 0 Å². The fraction of sp³-hybridized carbons (Fsp3) is 0.960. The molecule has 0 rings (SSSR count). The molecule has 0 aromatic heterocycles. The summed E-state index contributed by atoms with van der Waals surface area (Å²) in [6.45, 7) is 8.34. The van der Waals surface area contributed by atoms with E-state index in [9.17, 15) is 9.59 Å². The minimum atomic E-state index is 0.00644. The molecule has 1 N–H and O–H groups in total. The van der Waals surface area contributed by atoms with Crippen LogP contribution in [0.3, 0.4) is 0 Å². The first-order chi connectivity index (χ1) is 27.1. The summed E-state index contributed by atoms with van der Waals surface area (Å²) in [5.41, 5.74) is 0. The van der Waals surface area contributed by atoms with Crippen LogP contribution in [0.15, 0.2) is 0 Å². The van der Waals surface area contributed by atoms with Crippen molar-refractivity contribution in [3.8, 4) is 0 Å². The Kier molecular flexibility index (Phi) is 53.9. The summed E-state index contributed by atoms with van der Waals surface area (Å²) in [5, 5.41) is 8.74. The average molecular weight is 781 g/mol. The molecule has 0 saturated heterocycles. The molecule has 0 atom stereocenters. The third kappa shape index (κ3) is 55.0. The molecule has 0 aliphatic carbocycles. The summed E-state index contributed by atoms with van der Waals surface area (Å²) in [5.74, 6) is 0.0218. The van der Waals surface area contributed by atoms with Crippen LogP contribution >= 0.6 is 0 Å². The highest BCUT2D eigenvalue weighted by molar-refractivity contribution is 5.69. The molecule has 0 aliphatic rings. The van der Waals surface area contributed by atoms with E-state index in [1.807, 2.05) is 0 Å². The second-order valence-electron chi connectivity index (χ2n) is 16.7. The van der Waals surface area contributed by atoms with Crippen LogP contribution < -0.4 is 0 Å². The molecule has 5 heteroatoms. The standard InChI is InChI=1S/C26H52O3.C24H48O2/c1-2-3-4-5-19-22-25-29-26(28)23-20-17-15-13-11-9-7-6-8-10-12-14-16-18-21-24-27;1-3-5-7-9-11-12-13-14-15-16-17-18-20-22-24(25)26-23-21-19-10-8-6-4-2/h27H,2-25H2,1H3;3-23H2,1-2H3. The quantitative estimate of drug-likeness (QED) is 0.0492. The minimum absolute atomic E-state index is 0.00644. The molecule has 330 valence electrons. The van der Waals surface area contributed by atoms with E-state index in [1.165, 1.54) is 225 Å². The zero-order chi connectivity index (χ0) is 40.4. The van der Waals surface area contributed by atoms with Crippen molar-refractivity contribution >= 4 is 11.9 Å². The average Bonchev–Trinajstić information content (AvgIpc) is 3.19. The summed E-state index contributed by atoms with van der Waals surface area (Å²) in [6.07, 6.45) is 52.7. The lowest BCUT2D eigenvalue weighted by Gasteiger charge is -2.05. The van der Waals surface area contributed by atoms with Crippen LogP contribution in [0.4, 0.5) is 0 Å². The lowest BCUT2D eigenvalue weighted by atomic mass is 10.0. The number of aliphatic hydroxyl groups excluding tert-OH is 1. The summed E-state index contributed by atoms with van der Waals surface area (Å²) in [4.78, 5) is 23.4. The Hall–Kier alpha value is -1.10. The van der Waals surface area contributed by atoms with Gasteiger partial charge in [0.05, 0.1) is 13.2 Å². The van der Waals surface area contributed by atoms with Gasteiger partial charge in [0.2, 0.25) is 0 Å². The van der Waals surface area contributed by atoms with Crippen molar-refractivity contribution in [1.29, 1.82) is 0 Å². The van der Waals surface area contributed by atoms with Gasteiger partial charge in [-0.05, 0) is 32.1 Å². The Morgan fingerprint density at radius 2 is 0.491 bits per heavy atom. The van der Waals surface area contributed by atoms with Crippen LogP contribution in [0.2, 0.25) is 0 Å². The number of esters is 2. The molecule has 0 fully saturated rings. The van der Waals surface area contributed by atoms with Crippen molar-refractivity contribution in [3.05, 3.63) is 0 Å². The van der Waals surface area contributed by atoms with E-state index in [0.29, 0.717) is 32.7 Å². The first-order valence-electron chi connectivity index (χ1n) is 25.0. The molecule has 0 unspecified atom stereocenters. The van der Waals surface area contributed by atoms with Gasteiger partial charge in [0.25, 0.3) is 0 Å². The number of hydrogen-bond donors (Lipinski definition) is 1. The largest absolute Gasteiger partial charge is 0.466 e. The van der Waals surface area contributed by atoms with E-state index in [-0.39, 0.29) is 11.9 Å². The van der Waals surface area contributed by atoms with Gasteiger partial charge in [-0.25, -0.2) is 0 Å². The zero-order valence-electron chi connectivity index (χ0n) is 37.9. The van der Waals surface area contributed by atoms with Gasteiger partial charge in [-0.15, -0.1) is 0 Å². The number of rotatable bonds is 45. The third-order valence-electron chi connectivity index (χ3n) is 11.0. The molecule has 0 aromatic carbocycles. The number of ether oxygens (including phenoxy) is 2. The van der Waals surface area contributed by atoms with Gasteiger partial charge in [0.15, 0.2) is 0 Å². The second-order valence-corrected chi connectivity index (χ2v) is 16.7. The zero-order valence-corrected chi connectivity index (χ0v) is 37.9. The smallest absolute Gasteiger partial charge is 0.305 e. The fourth-order valence-electron chi connectivity index (χ4n) is 7.25. The molecule has 0 bridgehead atoms. The molecule has 0 radical (unpaired) electrons. The minimum Gasteiger partial charge on any atom is -0.466 e. The number of carbonyl (C=O) groups excluding carboxylic acids is 2. The number of aliphatic hydroxyl groups is 1. The van der Waals surface area contributed by atoms with E-state index in [0.717, 1.165) is 32.1 Å². The first-order valence-corrected chi connectivity index (χ1v) is 25.0. The van der Waals surface area contributed by atoms with Crippen molar-refractivity contribution in [1.82, 2.24) is 0 Å². The van der Waals surface area contributed by atoms with Crippen molar-refractivity contribution in [2.45, 2.75) is 290 Å². The normalized spacial score (nSPS) is 11.1. The van der Waals surface area contributed by atoms with Crippen LogP contribution in [-0.2, 0) is 19.1 Å². The van der Waals surface area contributed by atoms with Crippen LogP contribution in [0.25, 0.3) is 0 Å². The second kappa shape index (κ2) is 52.9. The van der Waals surface area contributed by atoms with Gasteiger partial charge < -0.3 is 14.6 Å². The SMILES string of the molecule is CCCCCCCCCCCCCCCC(=O)OCCCCCCCC.CCCCCCCCOC(=O)CCCCCCCCCCCCCCCCCO. The van der Waals surface area contributed by atoms with Crippen molar-refractivity contribution < 1.29 is 24.2 Å². The molecule has 55 heavy (non-hydrogen) atoms. The monoisotopic (exact) mass is 781 g/mol. The van der Waals surface area contributed by atoms with Gasteiger partial charge in [-0.2, -0.15) is 0 Å². The molecule has 0 saturated carbocycles. The van der Waals surface area contributed by atoms with Crippen LogP contribution in [-0.4, -0.2) is 36.9 Å². The third-order valence-corrected chi connectivity index (χ3v) is 11.0. The predicted molar refractivity (Wildman–Crippen MR) is 240 cm³/mol. The van der Waals surface area contributed by atoms with Crippen LogP contribution in [0, 0.1) is 0 Å². The maximum absolute atomic E-state index is 11.7. The summed E-state index contributed by atoms with van der Waals surface area (Å²) >= 11 is 0. The maximum atomic E-state index is 11.7. The Balaban J connectivity index is 0. The van der Waals surface area contributed by atoms with Gasteiger partial charge >= 0.3 is 11.9 Å². The Bertz CT molecular complexity index is 710. The molecule has 0 heterocycles. The molecule has 0 spiro atoms. The molecular weight excluding hydrogens is 681 g/mol. The Morgan fingerprint density at radius 1 is 0.291 bits per heavy atom. The van der Waals surface area contributed by atoms with Gasteiger partial charge in [-0.1, -0.05) is 245 Å². The van der Waals surface area contributed by atoms with E-state index >= 15 is 0 Å².